The minimum absolute atomic E-state index is 0.0935. The topological polar surface area (TPSA) is 34.1 Å². The lowest BCUT2D eigenvalue weighted by molar-refractivity contribution is 0.100. The maximum absolute atomic E-state index is 12.1. The lowest BCUT2D eigenvalue weighted by Crippen LogP contribution is -2.19. The molecule has 4 rings (SSSR count). The van der Waals surface area contributed by atoms with Crippen LogP contribution in [0.3, 0.4) is 0 Å². The van der Waals surface area contributed by atoms with Gasteiger partial charge in [-0.15, -0.1) is 0 Å². The van der Waals surface area contributed by atoms with Crippen molar-refractivity contribution in [3.05, 3.63) is 58.7 Å². The normalized spacial score (nSPS) is 17.7. The Hall–Kier alpha value is -2.22. The molecule has 0 unspecified atom stereocenters. The number of ketones is 2. The second-order valence-electron chi connectivity index (χ2n) is 7.69. The van der Waals surface area contributed by atoms with Gasteiger partial charge in [0, 0.05) is 11.1 Å². The van der Waals surface area contributed by atoms with Crippen molar-refractivity contribution in [2.75, 3.05) is 0 Å². The van der Waals surface area contributed by atoms with Gasteiger partial charge in [0.05, 0.1) is 0 Å². The van der Waals surface area contributed by atoms with E-state index < -0.39 is 0 Å². The Kier molecular flexibility index (Phi) is 3.87. The summed E-state index contributed by atoms with van der Waals surface area (Å²) in [6.45, 7) is 3.28. The smallest absolute Gasteiger partial charge is 0.160 e. The summed E-state index contributed by atoms with van der Waals surface area (Å²) in [6.07, 6.45) is 7.23. The fraction of sp³-hybridized carbons (Fsp3) is 0.391. The highest BCUT2D eigenvalue weighted by Crippen LogP contribution is 2.54. The summed E-state index contributed by atoms with van der Waals surface area (Å²) in [6, 6.07) is 12.1. The van der Waals surface area contributed by atoms with Crippen molar-refractivity contribution in [1.82, 2.24) is 0 Å². The zero-order valence-corrected chi connectivity index (χ0v) is 15.0. The SMILES string of the molecule is CC(=O)c1ccc(-c2ccc(C(C)=O)c3c2C2(CCCC2)CC3)cc1. The van der Waals surface area contributed by atoms with E-state index in [1.54, 1.807) is 13.8 Å². The highest BCUT2D eigenvalue weighted by molar-refractivity contribution is 5.98. The van der Waals surface area contributed by atoms with Crippen LogP contribution in [0, 0.1) is 0 Å². The number of Topliss-reactive ketones (excluding diaryl/α,β-unsaturated/α-hetero) is 2. The van der Waals surface area contributed by atoms with Gasteiger partial charge in [0.2, 0.25) is 0 Å². The number of carbonyl (C=O) groups excluding carboxylic acids is 2. The highest BCUT2D eigenvalue weighted by Gasteiger charge is 2.43. The molecule has 2 aromatic rings. The number of fused-ring (bicyclic) bond motifs is 2. The van der Waals surface area contributed by atoms with Crippen LogP contribution in [0.2, 0.25) is 0 Å². The Morgan fingerprint density at radius 1 is 0.840 bits per heavy atom. The van der Waals surface area contributed by atoms with Gasteiger partial charge < -0.3 is 0 Å². The maximum Gasteiger partial charge on any atom is 0.160 e. The monoisotopic (exact) mass is 332 g/mol. The molecule has 0 aliphatic heterocycles. The summed E-state index contributed by atoms with van der Waals surface area (Å²) in [4.78, 5) is 23.7. The molecule has 0 atom stereocenters. The van der Waals surface area contributed by atoms with Crippen LogP contribution in [0.4, 0.5) is 0 Å². The molecule has 2 aromatic carbocycles. The third-order valence-corrected chi connectivity index (χ3v) is 6.24. The van der Waals surface area contributed by atoms with E-state index in [0.717, 1.165) is 23.1 Å². The first-order valence-electron chi connectivity index (χ1n) is 9.30. The van der Waals surface area contributed by atoms with Crippen molar-refractivity contribution in [1.29, 1.82) is 0 Å². The van der Waals surface area contributed by atoms with Crippen LogP contribution in [-0.4, -0.2) is 11.6 Å². The number of hydrogen-bond acceptors (Lipinski definition) is 2. The van der Waals surface area contributed by atoms with Crippen molar-refractivity contribution in [2.24, 2.45) is 0 Å². The molecule has 2 heteroatoms. The first-order valence-corrected chi connectivity index (χ1v) is 9.30. The maximum atomic E-state index is 12.1. The average Bonchev–Trinajstić information content (AvgIpc) is 3.23. The zero-order chi connectivity index (χ0) is 17.6. The lowest BCUT2D eigenvalue weighted by atomic mass is 9.76. The van der Waals surface area contributed by atoms with Crippen LogP contribution < -0.4 is 0 Å². The van der Waals surface area contributed by atoms with E-state index in [0.29, 0.717) is 0 Å². The second-order valence-corrected chi connectivity index (χ2v) is 7.69. The standard InChI is InChI=1S/C23H24O2/c1-15(24)17-5-7-18(8-6-17)20-10-9-19(16(2)25)21-11-14-23(22(20)21)12-3-4-13-23/h5-10H,3-4,11-14H2,1-2H3. The third kappa shape index (κ3) is 2.55. The molecule has 2 aliphatic rings. The van der Waals surface area contributed by atoms with E-state index in [1.807, 2.05) is 18.2 Å². The summed E-state index contributed by atoms with van der Waals surface area (Å²) < 4.78 is 0. The van der Waals surface area contributed by atoms with Crippen LogP contribution >= 0.6 is 0 Å². The highest BCUT2D eigenvalue weighted by atomic mass is 16.1. The minimum Gasteiger partial charge on any atom is -0.295 e. The summed E-state index contributed by atoms with van der Waals surface area (Å²) in [7, 11) is 0. The third-order valence-electron chi connectivity index (χ3n) is 6.24. The van der Waals surface area contributed by atoms with Crippen LogP contribution in [0.5, 0.6) is 0 Å². The van der Waals surface area contributed by atoms with Gasteiger partial charge in [-0.25, -0.2) is 0 Å². The van der Waals surface area contributed by atoms with Crippen molar-refractivity contribution >= 4 is 11.6 Å². The Balaban J connectivity index is 1.90. The first-order chi connectivity index (χ1) is 12.0. The summed E-state index contributed by atoms with van der Waals surface area (Å²) in [5.41, 5.74) is 7.03. The van der Waals surface area contributed by atoms with E-state index >= 15 is 0 Å². The molecule has 0 aromatic heterocycles. The molecule has 0 saturated heterocycles. The van der Waals surface area contributed by atoms with E-state index in [-0.39, 0.29) is 17.0 Å². The largest absolute Gasteiger partial charge is 0.295 e. The Morgan fingerprint density at radius 2 is 1.52 bits per heavy atom. The van der Waals surface area contributed by atoms with Gasteiger partial charge in [-0.3, -0.25) is 9.59 Å². The predicted octanol–water partition coefficient (Wildman–Crippen LogP) is 5.52. The van der Waals surface area contributed by atoms with E-state index in [9.17, 15) is 9.59 Å². The molecule has 2 nitrogen and oxygen atoms in total. The van der Waals surface area contributed by atoms with Crippen LogP contribution in [0.25, 0.3) is 11.1 Å². The van der Waals surface area contributed by atoms with Crippen LogP contribution in [0.15, 0.2) is 36.4 Å². The number of hydrogen-bond donors (Lipinski definition) is 0. The zero-order valence-electron chi connectivity index (χ0n) is 15.0. The molecular formula is C23H24O2. The molecule has 0 radical (unpaired) electrons. The molecule has 0 amide bonds. The molecule has 25 heavy (non-hydrogen) atoms. The Bertz CT molecular complexity index is 852. The van der Waals surface area contributed by atoms with Crippen LogP contribution in [-0.2, 0) is 11.8 Å². The van der Waals surface area contributed by atoms with Crippen molar-refractivity contribution in [2.45, 2.75) is 57.8 Å². The first kappa shape index (κ1) is 16.3. The molecule has 1 spiro atoms. The van der Waals surface area contributed by atoms with Gasteiger partial charge in [0.25, 0.3) is 0 Å². The molecule has 0 N–H and O–H groups in total. The molecule has 2 aliphatic carbocycles. The number of benzene rings is 2. The van der Waals surface area contributed by atoms with Crippen molar-refractivity contribution in [3.8, 4) is 11.1 Å². The quantitative estimate of drug-likeness (QED) is 0.694. The molecule has 1 saturated carbocycles. The van der Waals surface area contributed by atoms with Gasteiger partial charge in [-0.2, -0.15) is 0 Å². The summed E-state index contributed by atoms with van der Waals surface area (Å²) in [5, 5.41) is 0. The van der Waals surface area contributed by atoms with Crippen molar-refractivity contribution in [3.63, 3.8) is 0 Å². The Labute approximate surface area is 149 Å². The molecule has 1 fully saturated rings. The summed E-state index contributed by atoms with van der Waals surface area (Å²) >= 11 is 0. The van der Waals surface area contributed by atoms with E-state index in [2.05, 4.69) is 18.2 Å². The molecular weight excluding hydrogens is 308 g/mol. The van der Waals surface area contributed by atoms with Gasteiger partial charge in [-0.05, 0) is 67.2 Å². The van der Waals surface area contributed by atoms with Crippen LogP contribution in [0.1, 0.15) is 77.8 Å². The summed E-state index contributed by atoms with van der Waals surface area (Å²) in [5.74, 6) is 0.265. The fourth-order valence-electron chi connectivity index (χ4n) is 5.01. The molecule has 0 heterocycles. The minimum atomic E-state index is 0.0935. The average molecular weight is 332 g/mol. The van der Waals surface area contributed by atoms with Gasteiger partial charge in [0.15, 0.2) is 11.6 Å². The fourth-order valence-corrected chi connectivity index (χ4v) is 5.01. The van der Waals surface area contributed by atoms with Gasteiger partial charge >= 0.3 is 0 Å². The van der Waals surface area contributed by atoms with E-state index in [1.165, 1.54) is 48.8 Å². The van der Waals surface area contributed by atoms with E-state index in [4.69, 9.17) is 0 Å². The predicted molar refractivity (Wildman–Crippen MR) is 100 cm³/mol. The second kappa shape index (κ2) is 5.94. The van der Waals surface area contributed by atoms with Gasteiger partial charge in [0.1, 0.15) is 0 Å². The number of rotatable bonds is 3. The molecule has 0 bridgehead atoms. The lowest BCUT2D eigenvalue weighted by Gasteiger charge is -2.27. The Morgan fingerprint density at radius 3 is 2.12 bits per heavy atom. The van der Waals surface area contributed by atoms with Crippen molar-refractivity contribution < 1.29 is 9.59 Å². The number of carbonyl (C=O) groups is 2. The molecule has 128 valence electrons. The van der Waals surface area contributed by atoms with Gasteiger partial charge in [-0.1, -0.05) is 49.2 Å².